The van der Waals surface area contributed by atoms with Crippen LogP contribution in [-0.2, 0) is 0 Å². The fourth-order valence-corrected chi connectivity index (χ4v) is 3.06. The standard InChI is InChI=1S/C17H34N4.HI/c1-4-18-17(19-10-7-15-5-6-15)20-16-8-11-21(12-9-16)13-14(2)3;/h14-16H,4-13H2,1-3H3,(H2,18,19,20);1H. The predicted molar refractivity (Wildman–Crippen MR) is 106 cm³/mol. The Balaban J connectivity index is 0.00000242. The summed E-state index contributed by atoms with van der Waals surface area (Å²) in [6.45, 7) is 12.4. The second-order valence-corrected chi connectivity index (χ2v) is 7.11. The SMILES string of the molecule is CCNC(=NCCC1CC1)NC1CCN(CC(C)C)CC1.I. The van der Waals surface area contributed by atoms with E-state index in [4.69, 9.17) is 4.99 Å². The lowest BCUT2D eigenvalue weighted by Gasteiger charge is -2.34. The smallest absolute Gasteiger partial charge is 0.191 e. The van der Waals surface area contributed by atoms with E-state index in [0.717, 1.165) is 30.9 Å². The van der Waals surface area contributed by atoms with Crippen LogP contribution in [0.15, 0.2) is 4.99 Å². The monoisotopic (exact) mass is 422 g/mol. The van der Waals surface area contributed by atoms with Crippen LogP contribution in [0.25, 0.3) is 0 Å². The number of nitrogens with zero attached hydrogens (tertiary/aromatic N) is 2. The summed E-state index contributed by atoms with van der Waals surface area (Å²) in [5, 5.41) is 7.03. The first-order valence-corrected chi connectivity index (χ1v) is 8.94. The molecule has 2 aliphatic rings. The molecule has 1 aliphatic carbocycles. The highest BCUT2D eigenvalue weighted by molar-refractivity contribution is 14.0. The van der Waals surface area contributed by atoms with Crippen molar-refractivity contribution in [3.8, 4) is 0 Å². The Morgan fingerprint density at radius 3 is 2.41 bits per heavy atom. The van der Waals surface area contributed by atoms with Crippen LogP contribution in [0.4, 0.5) is 0 Å². The molecule has 0 aromatic rings. The van der Waals surface area contributed by atoms with Crippen molar-refractivity contribution in [2.75, 3.05) is 32.7 Å². The van der Waals surface area contributed by atoms with Crippen molar-refractivity contribution < 1.29 is 0 Å². The van der Waals surface area contributed by atoms with E-state index in [1.165, 1.54) is 51.7 Å². The Labute approximate surface area is 153 Å². The summed E-state index contributed by atoms with van der Waals surface area (Å²) in [6, 6.07) is 0.590. The van der Waals surface area contributed by atoms with Gasteiger partial charge in [-0.25, -0.2) is 0 Å². The van der Waals surface area contributed by atoms with Crippen molar-refractivity contribution in [3.63, 3.8) is 0 Å². The number of piperidine rings is 1. The summed E-state index contributed by atoms with van der Waals surface area (Å²) < 4.78 is 0. The second-order valence-electron chi connectivity index (χ2n) is 7.11. The van der Waals surface area contributed by atoms with Crippen molar-refractivity contribution in [2.45, 2.75) is 58.9 Å². The van der Waals surface area contributed by atoms with Gasteiger partial charge in [0, 0.05) is 38.8 Å². The fraction of sp³-hybridized carbons (Fsp3) is 0.941. The number of guanidine groups is 1. The van der Waals surface area contributed by atoms with Crippen molar-refractivity contribution in [1.29, 1.82) is 0 Å². The summed E-state index contributed by atoms with van der Waals surface area (Å²) in [5.41, 5.74) is 0. The van der Waals surface area contributed by atoms with E-state index < -0.39 is 0 Å². The number of likely N-dealkylation sites (tertiary alicyclic amines) is 1. The number of hydrogen-bond acceptors (Lipinski definition) is 2. The Morgan fingerprint density at radius 1 is 1.18 bits per heavy atom. The van der Waals surface area contributed by atoms with E-state index in [1.54, 1.807) is 0 Å². The molecule has 0 spiro atoms. The number of halogens is 1. The highest BCUT2D eigenvalue weighted by Crippen LogP contribution is 2.32. The van der Waals surface area contributed by atoms with E-state index in [2.05, 4.69) is 36.3 Å². The number of hydrogen-bond donors (Lipinski definition) is 2. The normalized spacial score (nSPS) is 20.8. The Kier molecular flexibility index (Phi) is 9.71. The summed E-state index contributed by atoms with van der Waals surface area (Å²) in [5.74, 6) is 2.77. The molecule has 0 radical (unpaired) electrons. The molecule has 0 aromatic carbocycles. The van der Waals surface area contributed by atoms with E-state index >= 15 is 0 Å². The highest BCUT2D eigenvalue weighted by Gasteiger charge is 2.21. The van der Waals surface area contributed by atoms with Crippen LogP contribution in [0.5, 0.6) is 0 Å². The summed E-state index contributed by atoms with van der Waals surface area (Å²) >= 11 is 0. The van der Waals surface area contributed by atoms with Gasteiger partial charge >= 0.3 is 0 Å². The molecule has 1 heterocycles. The van der Waals surface area contributed by atoms with Gasteiger partial charge in [0.25, 0.3) is 0 Å². The molecule has 2 fully saturated rings. The molecule has 0 atom stereocenters. The molecule has 1 aliphatic heterocycles. The maximum absolute atomic E-state index is 4.74. The average Bonchev–Trinajstić information content (AvgIpc) is 3.25. The molecular formula is C17H35IN4. The zero-order valence-corrected chi connectivity index (χ0v) is 16.9. The van der Waals surface area contributed by atoms with Gasteiger partial charge < -0.3 is 15.5 Å². The van der Waals surface area contributed by atoms with Crippen molar-refractivity contribution in [1.82, 2.24) is 15.5 Å². The van der Waals surface area contributed by atoms with Gasteiger partial charge in [0.2, 0.25) is 0 Å². The lowest BCUT2D eigenvalue weighted by atomic mass is 10.0. The quantitative estimate of drug-likeness (QED) is 0.376. The number of aliphatic imine (C=N–C) groups is 1. The molecule has 5 heteroatoms. The molecule has 0 aromatic heterocycles. The third-order valence-electron chi connectivity index (χ3n) is 4.40. The minimum absolute atomic E-state index is 0. The molecule has 0 bridgehead atoms. The highest BCUT2D eigenvalue weighted by atomic mass is 127. The first kappa shape index (κ1) is 20.0. The molecule has 0 amide bonds. The van der Waals surface area contributed by atoms with Gasteiger partial charge in [0.05, 0.1) is 0 Å². The van der Waals surface area contributed by atoms with E-state index in [1.807, 2.05) is 0 Å². The van der Waals surface area contributed by atoms with Crippen molar-refractivity contribution in [3.05, 3.63) is 0 Å². The lowest BCUT2D eigenvalue weighted by Crippen LogP contribution is -2.49. The molecule has 1 saturated carbocycles. The van der Waals surface area contributed by atoms with Gasteiger partial charge in [-0.05, 0) is 38.0 Å². The average molecular weight is 422 g/mol. The van der Waals surface area contributed by atoms with Gasteiger partial charge in [0.15, 0.2) is 5.96 Å². The zero-order chi connectivity index (χ0) is 15.1. The topological polar surface area (TPSA) is 39.7 Å². The fourth-order valence-electron chi connectivity index (χ4n) is 3.06. The summed E-state index contributed by atoms with van der Waals surface area (Å²) in [7, 11) is 0. The van der Waals surface area contributed by atoms with Crippen molar-refractivity contribution >= 4 is 29.9 Å². The molecule has 2 N–H and O–H groups in total. The van der Waals surface area contributed by atoms with Crippen LogP contribution in [0.2, 0.25) is 0 Å². The largest absolute Gasteiger partial charge is 0.357 e. The van der Waals surface area contributed by atoms with E-state index in [9.17, 15) is 0 Å². The van der Waals surface area contributed by atoms with Crippen LogP contribution < -0.4 is 10.6 Å². The Morgan fingerprint density at radius 2 is 1.86 bits per heavy atom. The molecule has 22 heavy (non-hydrogen) atoms. The first-order valence-electron chi connectivity index (χ1n) is 8.94. The van der Waals surface area contributed by atoms with Gasteiger partial charge in [-0.1, -0.05) is 26.7 Å². The zero-order valence-electron chi connectivity index (χ0n) is 14.6. The maximum Gasteiger partial charge on any atom is 0.191 e. The van der Waals surface area contributed by atoms with Gasteiger partial charge in [-0.15, -0.1) is 24.0 Å². The minimum atomic E-state index is 0. The van der Waals surface area contributed by atoms with Crippen LogP contribution in [0.1, 0.15) is 52.9 Å². The van der Waals surface area contributed by atoms with Crippen LogP contribution in [0.3, 0.4) is 0 Å². The maximum atomic E-state index is 4.74. The van der Waals surface area contributed by atoms with Gasteiger partial charge in [0.1, 0.15) is 0 Å². The molecular weight excluding hydrogens is 387 g/mol. The van der Waals surface area contributed by atoms with Crippen LogP contribution in [0, 0.1) is 11.8 Å². The van der Waals surface area contributed by atoms with Crippen LogP contribution >= 0.6 is 24.0 Å². The molecule has 2 rings (SSSR count). The van der Waals surface area contributed by atoms with E-state index in [0.29, 0.717) is 6.04 Å². The summed E-state index contributed by atoms with van der Waals surface area (Å²) in [6.07, 6.45) is 6.59. The van der Waals surface area contributed by atoms with E-state index in [-0.39, 0.29) is 24.0 Å². The number of nitrogens with one attached hydrogen (secondary N) is 2. The molecule has 1 saturated heterocycles. The Bertz CT molecular complexity index is 321. The third-order valence-corrected chi connectivity index (χ3v) is 4.40. The Hall–Kier alpha value is -0.0400. The van der Waals surface area contributed by atoms with Crippen LogP contribution in [-0.4, -0.2) is 49.6 Å². The minimum Gasteiger partial charge on any atom is -0.357 e. The van der Waals surface area contributed by atoms with Gasteiger partial charge in [-0.2, -0.15) is 0 Å². The first-order chi connectivity index (χ1) is 10.2. The molecule has 130 valence electrons. The van der Waals surface area contributed by atoms with Crippen molar-refractivity contribution in [2.24, 2.45) is 16.8 Å². The molecule has 4 nitrogen and oxygen atoms in total. The molecule has 0 unspecified atom stereocenters. The third kappa shape index (κ3) is 7.99. The summed E-state index contributed by atoms with van der Waals surface area (Å²) in [4.78, 5) is 7.33. The number of rotatable bonds is 7. The van der Waals surface area contributed by atoms with Gasteiger partial charge in [-0.3, -0.25) is 4.99 Å². The lowest BCUT2D eigenvalue weighted by molar-refractivity contribution is 0.187. The second kappa shape index (κ2) is 10.7. The predicted octanol–water partition coefficient (Wildman–Crippen LogP) is 3.08.